The molecule has 0 radical (unpaired) electrons. The third-order valence-corrected chi connectivity index (χ3v) is 4.30. The van der Waals surface area contributed by atoms with Gasteiger partial charge in [0.15, 0.2) is 0 Å². The standard InChI is InChI=1S/C23H20F2/c1-17(20-5-3-2-4-6-20)15-19-8-12-21(23(25)16-19)11-7-18-9-13-22(24)14-10-18/h2-14,16-17H,15H2,1H3/t17-/m1/s1. The number of hydrogen-bond acceptors (Lipinski definition) is 0. The highest BCUT2D eigenvalue weighted by atomic mass is 19.1. The maximum atomic E-state index is 14.4. The summed E-state index contributed by atoms with van der Waals surface area (Å²) in [4.78, 5) is 0. The lowest BCUT2D eigenvalue weighted by atomic mass is 9.93. The highest BCUT2D eigenvalue weighted by Crippen LogP contribution is 2.22. The first kappa shape index (κ1) is 17.1. The summed E-state index contributed by atoms with van der Waals surface area (Å²) in [5.74, 6) is -0.183. The average molecular weight is 334 g/mol. The normalized spacial score (nSPS) is 12.4. The van der Waals surface area contributed by atoms with Gasteiger partial charge in [-0.25, -0.2) is 8.78 Å². The predicted molar refractivity (Wildman–Crippen MR) is 100 cm³/mol. The van der Waals surface area contributed by atoms with Crippen LogP contribution in [-0.2, 0) is 6.42 Å². The van der Waals surface area contributed by atoms with Gasteiger partial charge in [-0.1, -0.05) is 73.7 Å². The molecule has 0 saturated heterocycles. The molecule has 1 atom stereocenters. The zero-order chi connectivity index (χ0) is 17.6. The second-order valence-corrected chi connectivity index (χ2v) is 6.26. The molecule has 0 N–H and O–H groups in total. The smallest absolute Gasteiger partial charge is 0.130 e. The van der Waals surface area contributed by atoms with Crippen molar-refractivity contribution in [3.05, 3.63) is 107 Å². The Morgan fingerprint density at radius 1 is 0.840 bits per heavy atom. The molecule has 0 saturated carbocycles. The maximum absolute atomic E-state index is 14.4. The molecule has 0 aliphatic carbocycles. The van der Waals surface area contributed by atoms with Crippen molar-refractivity contribution in [3.63, 3.8) is 0 Å². The highest BCUT2D eigenvalue weighted by molar-refractivity contribution is 5.69. The summed E-state index contributed by atoms with van der Waals surface area (Å²) in [6.45, 7) is 2.15. The van der Waals surface area contributed by atoms with Crippen LogP contribution in [-0.4, -0.2) is 0 Å². The van der Waals surface area contributed by atoms with Crippen molar-refractivity contribution in [1.29, 1.82) is 0 Å². The third-order valence-electron chi connectivity index (χ3n) is 4.30. The van der Waals surface area contributed by atoms with Gasteiger partial charge in [0.25, 0.3) is 0 Å². The lowest BCUT2D eigenvalue weighted by molar-refractivity contribution is 0.620. The molecule has 25 heavy (non-hydrogen) atoms. The largest absolute Gasteiger partial charge is 0.207 e. The first-order valence-electron chi connectivity index (χ1n) is 8.39. The van der Waals surface area contributed by atoms with Gasteiger partial charge in [-0.3, -0.25) is 0 Å². The molecule has 0 heterocycles. The molecule has 0 aliphatic rings. The van der Waals surface area contributed by atoms with Crippen LogP contribution in [0.2, 0.25) is 0 Å². The summed E-state index contributed by atoms with van der Waals surface area (Å²) >= 11 is 0. The van der Waals surface area contributed by atoms with E-state index in [4.69, 9.17) is 0 Å². The van der Waals surface area contributed by atoms with Gasteiger partial charge in [-0.2, -0.15) is 0 Å². The van der Waals surface area contributed by atoms with E-state index < -0.39 is 0 Å². The van der Waals surface area contributed by atoms with E-state index in [1.165, 1.54) is 17.7 Å². The van der Waals surface area contributed by atoms with Gasteiger partial charge in [0.1, 0.15) is 11.6 Å². The van der Waals surface area contributed by atoms with Crippen LogP contribution < -0.4 is 0 Å². The second-order valence-electron chi connectivity index (χ2n) is 6.26. The third kappa shape index (κ3) is 4.63. The van der Waals surface area contributed by atoms with Crippen LogP contribution in [0.5, 0.6) is 0 Å². The van der Waals surface area contributed by atoms with E-state index in [9.17, 15) is 8.78 Å². The fraction of sp³-hybridized carbons (Fsp3) is 0.130. The van der Waals surface area contributed by atoms with Crippen LogP contribution >= 0.6 is 0 Å². The first-order valence-corrected chi connectivity index (χ1v) is 8.39. The topological polar surface area (TPSA) is 0 Å². The average Bonchev–Trinajstić information content (AvgIpc) is 2.63. The van der Waals surface area contributed by atoms with E-state index in [1.807, 2.05) is 24.3 Å². The molecule has 3 aromatic rings. The molecule has 0 unspecified atom stereocenters. The molecule has 126 valence electrons. The number of rotatable bonds is 5. The quantitative estimate of drug-likeness (QED) is 0.468. The molecule has 0 bridgehead atoms. The minimum atomic E-state index is -0.278. The molecule has 0 nitrogen and oxygen atoms in total. The molecule has 0 aliphatic heterocycles. The number of benzene rings is 3. The summed E-state index contributed by atoms with van der Waals surface area (Å²) in [5, 5.41) is 0. The minimum Gasteiger partial charge on any atom is -0.207 e. The molecular weight excluding hydrogens is 314 g/mol. The fourth-order valence-electron chi connectivity index (χ4n) is 2.85. The van der Waals surface area contributed by atoms with E-state index >= 15 is 0 Å². The monoisotopic (exact) mass is 334 g/mol. The van der Waals surface area contributed by atoms with E-state index in [0.29, 0.717) is 11.5 Å². The molecule has 0 aromatic heterocycles. The lowest BCUT2D eigenvalue weighted by Crippen LogP contribution is -1.99. The Hall–Kier alpha value is -2.74. The Kier molecular flexibility index (Phi) is 5.39. The van der Waals surface area contributed by atoms with Crippen molar-refractivity contribution in [2.75, 3.05) is 0 Å². The molecule has 0 fully saturated rings. The Labute approximate surface area is 147 Å². The van der Waals surface area contributed by atoms with Crippen LogP contribution in [0, 0.1) is 11.6 Å². The van der Waals surface area contributed by atoms with Crippen molar-refractivity contribution in [2.45, 2.75) is 19.3 Å². The molecule has 3 aromatic carbocycles. The van der Waals surface area contributed by atoms with E-state index in [0.717, 1.165) is 17.5 Å². The van der Waals surface area contributed by atoms with Crippen molar-refractivity contribution in [1.82, 2.24) is 0 Å². The molecule has 0 spiro atoms. The van der Waals surface area contributed by atoms with Crippen molar-refractivity contribution in [2.24, 2.45) is 0 Å². The van der Waals surface area contributed by atoms with Crippen molar-refractivity contribution in [3.8, 4) is 0 Å². The number of halogens is 2. The Balaban J connectivity index is 1.71. The van der Waals surface area contributed by atoms with Gasteiger partial charge in [0.2, 0.25) is 0 Å². The molecule has 2 heteroatoms. The van der Waals surface area contributed by atoms with Gasteiger partial charge >= 0.3 is 0 Å². The zero-order valence-electron chi connectivity index (χ0n) is 14.1. The van der Waals surface area contributed by atoms with Gasteiger partial charge in [0, 0.05) is 5.56 Å². The Morgan fingerprint density at radius 3 is 2.24 bits per heavy atom. The number of hydrogen-bond donors (Lipinski definition) is 0. The summed E-state index contributed by atoms with van der Waals surface area (Å²) in [6, 6.07) is 21.7. The molecule has 3 rings (SSSR count). The van der Waals surface area contributed by atoms with Crippen LogP contribution in [0.3, 0.4) is 0 Å². The SMILES string of the molecule is C[C@H](Cc1ccc(C=Cc2ccc(F)cc2)c(F)c1)c1ccccc1. The zero-order valence-corrected chi connectivity index (χ0v) is 14.1. The van der Waals surface area contributed by atoms with Crippen LogP contribution in [0.15, 0.2) is 72.8 Å². The highest BCUT2D eigenvalue weighted by Gasteiger charge is 2.08. The maximum Gasteiger partial charge on any atom is 0.130 e. The first-order chi connectivity index (χ1) is 12.1. The Bertz CT molecular complexity index is 849. The summed E-state index contributed by atoms with van der Waals surface area (Å²) in [6.07, 6.45) is 4.29. The fourth-order valence-corrected chi connectivity index (χ4v) is 2.85. The van der Waals surface area contributed by atoms with E-state index in [-0.39, 0.29) is 11.6 Å². The molecular formula is C23H20F2. The van der Waals surface area contributed by atoms with Crippen molar-refractivity contribution >= 4 is 12.2 Å². The molecule has 0 amide bonds. The van der Waals surface area contributed by atoms with Gasteiger partial charge in [0.05, 0.1) is 0 Å². The minimum absolute atomic E-state index is 0.240. The predicted octanol–water partition coefficient (Wildman–Crippen LogP) is 6.48. The van der Waals surface area contributed by atoms with Crippen molar-refractivity contribution < 1.29 is 8.78 Å². The van der Waals surface area contributed by atoms with Gasteiger partial charge in [-0.05, 0) is 47.2 Å². The summed E-state index contributed by atoms with van der Waals surface area (Å²) in [7, 11) is 0. The van der Waals surface area contributed by atoms with Crippen LogP contribution in [0.25, 0.3) is 12.2 Å². The Morgan fingerprint density at radius 2 is 1.56 bits per heavy atom. The lowest BCUT2D eigenvalue weighted by Gasteiger charge is -2.12. The summed E-state index contributed by atoms with van der Waals surface area (Å²) in [5.41, 5.74) is 3.60. The van der Waals surface area contributed by atoms with Gasteiger partial charge < -0.3 is 0 Å². The van der Waals surface area contributed by atoms with E-state index in [2.05, 4.69) is 19.1 Å². The van der Waals surface area contributed by atoms with Crippen LogP contribution in [0.4, 0.5) is 8.78 Å². The summed E-state index contributed by atoms with van der Waals surface area (Å²) < 4.78 is 27.3. The van der Waals surface area contributed by atoms with Crippen LogP contribution in [0.1, 0.15) is 35.1 Å². The second kappa shape index (κ2) is 7.89. The van der Waals surface area contributed by atoms with E-state index in [1.54, 1.807) is 36.4 Å². The van der Waals surface area contributed by atoms with Gasteiger partial charge in [-0.15, -0.1) is 0 Å².